The normalized spacial score (nSPS) is 15.2. The molecule has 1 aromatic rings. The van der Waals surface area contributed by atoms with Gasteiger partial charge in [-0.3, -0.25) is 4.79 Å². The number of carbonyl (C=O) groups is 1. The lowest BCUT2D eigenvalue weighted by molar-refractivity contribution is -0.116. The molecule has 1 aliphatic heterocycles. The molecule has 0 aromatic heterocycles. The molecule has 0 aliphatic carbocycles. The highest BCUT2D eigenvalue weighted by atomic mass is 16.5. The minimum absolute atomic E-state index is 0.00772. The lowest BCUT2D eigenvalue weighted by Crippen LogP contribution is -2.20. The first kappa shape index (κ1) is 15.8. The SMILES string of the molecule is CNCCC(=O)Nc1cc2c(cc1OC)CCN(C)CC2. The molecule has 0 fully saturated rings. The number of anilines is 1. The number of likely N-dealkylation sites (N-methyl/N-ethyl adjacent to an activating group) is 1. The third-order valence-corrected chi connectivity index (χ3v) is 3.92. The number of nitrogens with one attached hydrogen (secondary N) is 2. The number of nitrogens with zero attached hydrogens (tertiary/aromatic N) is 1. The molecule has 0 unspecified atom stereocenters. The molecule has 1 heterocycles. The lowest BCUT2D eigenvalue weighted by Gasteiger charge is -2.14. The number of carbonyl (C=O) groups excluding carboxylic acids is 1. The summed E-state index contributed by atoms with van der Waals surface area (Å²) in [4.78, 5) is 14.2. The Labute approximate surface area is 126 Å². The fraction of sp³-hybridized carbons (Fsp3) is 0.562. The average Bonchev–Trinajstić information content (AvgIpc) is 2.66. The number of hydrogen-bond acceptors (Lipinski definition) is 4. The Balaban J connectivity index is 2.19. The van der Waals surface area contributed by atoms with Crippen LogP contribution in [0.3, 0.4) is 0 Å². The smallest absolute Gasteiger partial charge is 0.225 e. The van der Waals surface area contributed by atoms with Crippen molar-refractivity contribution >= 4 is 11.6 Å². The largest absolute Gasteiger partial charge is 0.495 e. The third-order valence-electron chi connectivity index (χ3n) is 3.92. The summed E-state index contributed by atoms with van der Waals surface area (Å²) in [7, 11) is 5.63. The number of rotatable bonds is 5. The van der Waals surface area contributed by atoms with Crippen molar-refractivity contribution in [3.05, 3.63) is 23.3 Å². The fourth-order valence-electron chi connectivity index (χ4n) is 2.58. The quantitative estimate of drug-likeness (QED) is 0.858. The standard InChI is InChI=1S/C16H25N3O2/c1-17-7-4-16(20)18-14-10-12-5-8-19(2)9-6-13(12)11-15(14)21-3/h10-11,17H,4-9H2,1-3H3,(H,18,20). The first-order chi connectivity index (χ1) is 10.1. The third kappa shape index (κ3) is 4.19. The lowest BCUT2D eigenvalue weighted by atomic mass is 10.0. The Hall–Kier alpha value is -1.59. The summed E-state index contributed by atoms with van der Waals surface area (Å²) < 4.78 is 5.44. The maximum Gasteiger partial charge on any atom is 0.225 e. The molecule has 116 valence electrons. The summed E-state index contributed by atoms with van der Waals surface area (Å²) in [6.45, 7) is 2.78. The van der Waals surface area contributed by atoms with E-state index in [1.165, 1.54) is 11.1 Å². The molecule has 5 heteroatoms. The van der Waals surface area contributed by atoms with Crippen LogP contribution in [0.5, 0.6) is 5.75 Å². The van der Waals surface area contributed by atoms with E-state index >= 15 is 0 Å². The summed E-state index contributed by atoms with van der Waals surface area (Å²) in [5.41, 5.74) is 3.41. The molecule has 5 nitrogen and oxygen atoms in total. The van der Waals surface area contributed by atoms with E-state index in [1.807, 2.05) is 7.05 Å². The molecule has 0 bridgehead atoms. The van der Waals surface area contributed by atoms with Crippen LogP contribution in [0.25, 0.3) is 0 Å². The van der Waals surface area contributed by atoms with Crippen molar-refractivity contribution in [2.24, 2.45) is 0 Å². The number of hydrogen-bond donors (Lipinski definition) is 2. The number of ether oxygens (including phenoxy) is 1. The van der Waals surface area contributed by atoms with Gasteiger partial charge in [-0.1, -0.05) is 0 Å². The van der Waals surface area contributed by atoms with Crippen LogP contribution in [0.4, 0.5) is 5.69 Å². The highest BCUT2D eigenvalue weighted by Crippen LogP contribution is 2.30. The zero-order valence-corrected chi connectivity index (χ0v) is 13.2. The summed E-state index contributed by atoms with van der Waals surface area (Å²) >= 11 is 0. The Bertz CT molecular complexity index is 503. The minimum Gasteiger partial charge on any atom is -0.495 e. The molecule has 0 saturated carbocycles. The number of methoxy groups -OCH3 is 1. The Morgan fingerprint density at radius 3 is 2.57 bits per heavy atom. The molecule has 1 aliphatic rings. The summed E-state index contributed by atoms with van der Waals surface area (Å²) in [6.07, 6.45) is 2.49. The molecule has 0 atom stereocenters. The van der Waals surface area contributed by atoms with E-state index in [-0.39, 0.29) is 5.91 Å². The second-order valence-corrected chi connectivity index (χ2v) is 5.53. The molecular weight excluding hydrogens is 266 g/mol. The van der Waals surface area contributed by atoms with Crippen LogP contribution >= 0.6 is 0 Å². The molecule has 2 N–H and O–H groups in total. The van der Waals surface area contributed by atoms with Gasteiger partial charge in [-0.2, -0.15) is 0 Å². The predicted octanol–water partition coefficient (Wildman–Crippen LogP) is 1.27. The van der Waals surface area contributed by atoms with Crippen LogP contribution in [0, 0.1) is 0 Å². The highest BCUT2D eigenvalue weighted by molar-refractivity contribution is 5.92. The molecule has 0 spiro atoms. The van der Waals surface area contributed by atoms with Gasteiger partial charge in [0.05, 0.1) is 12.8 Å². The minimum atomic E-state index is 0.00772. The average molecular weight is 291 g/mol. The van der Waals surface area contributed by atoms with Crippen molar-refractivity contribution in [2.45, 2.75) is 19.3 Å². The van der Waals surface area contributed by atoms with E-state index in [9.17, 15) is 4.79 Å². The van der Waals surface area contributed by atoms with E-state index in [1.54, 1.807) is 7.11 Å². The molecule has 2 rings (SSSR count). The van der Waals surface area contributed by atoms with Crippen LogP contribution in [0.15, 0.2) is 12.1 Å². The van der Waals surface area contributed by atoms with E-state index in [2.05, 4.69) is 34.7 Å². The van der Waals surface area contributed by atoms with Crippen LogP contribution in [-0.4, -0.2) is 51.6 Å². The van der Waals surface area contributed by atoms with Gasteiger partial charge in [-0.15, -0.1) is 0 Å². The molecule has 0 saturated heterocycles. The van der Waals surface area contributed by atoms with E-state index in [0.717, 1.165) is 37.4 Å². The Morgan fingerprint density at radius 1 is 1.29 bits per heavy atom. The maximum atomic E-state index is 11.9. The number of amides is 1. The Morgan fingerprint density at radius 2 is 1.95 bits per heavy atom. The van der Waals surface area contributed by atoms with E-state index in [4.69, 9.17) is 4.74 Å². The number of fused-ring (bicyclic) bond motifs is 1. The van der Waals surface area contributed by atoms with Crippen LogP contribution in [0.2, 0.25) is 0 Å². The first-order valence-electron chi connectivity index (χ1n) is 7.47. The van der Waals surface area contributed by atoms with Crippen LogP contribution in [-0.2, 0) is 17.6 Å². The van der Waals surface area contributed by atoms with Gasteiger partial charge in [0.2, 0.25) is 5.91 Å². The van der Waals surface area contributed by atoms with E-state index < -0.39 is 0 Å². The van der Waals surface area contributed by atoms with E-state index in [0.29, 0.717) is 13.0 Å². The van der Waals surface area contributed by atoms with Gasteiger partial charge in [-0.25, -0.2) is 0 Å². The van der Waals surface area contributed by atoms with Crippen molar-refractivity contribution in [3.8, 4) is 5.75 Å². The van der Waals surface area contributed by atoms with Crippen molar-refractivity contribution < 1.29 is 9.53 Å². The predicted molar refractivity (Wildman–Crippen MR) is 85.1 cm³/mol. The van der Waals surface area contributed by atoms with Gasteiger partial charge in [0.1, 0.15) is 5.75 Å². The topological polar surface area (TPSA) is 53.6 Å². The van der Waals surface area contributed by atoms with Gasteiger partial charge in [0.15, 0.2) is 0 Å². The van der Waals surface area contributed by atoms with Gasteiger partial charge in [0.25, 0.3) is 0 Å². The second-order valence-electron chi connectivity index (χ2n) is 5.53. The van der Waals surface area contributed by atoms with Crippen LogP contribution < -0.4 is 15.4 Å². The fourth-order valence-corrected chi connectivity index (χ4v) is 2.58. The van der Waals surface area contributed by atoms with Gasteiger partial charge in [0, 0.05) is 26.1 Å². The second kappa shape index (κ2) is 7.43. The van der Waals surface area contributed by atoms with Crippen molar-refractivity contribution in [1.82, 2.24) is 10.2 Å². The first-order valence-corrected chi connectivity index (χ1v) is 7.47. The molecular formula is C16H25N3O2. The molecule has 1 amide bonds. The van der Waals surface area contributed by atoms with Crippen molar-refractivity contribution in [3.63, 3.8) is 0 Å². The zero-order valence-electron chi connectivity index (χ0n) is 13.2. The van der Waals surface area contributed by atoms with Gasteiger partial charge in [-0.05, 0) is 50.2 Å². The number of benzene rings is 1. The monoisotopic (exact) mass is 291 g/mol. The van der Waals surface area contributed by atoms with Crippen molar-refractivity contribution in [1.29, 1.82) is 0 Å². The zero-order chi connectivity index (χ0) is 15.2. The molecule has 1 aromatic carbocycles. The summed E-state index contributed by atoms with van der Waals surface area (Å²) in [5, 5.41) is 5.94. The van der Waals surface area contributed by atoms with Crippen molar-refractivity contribution in [2.75, 3.05) is 46.2 Å². The highest BCUT2D eigenvalue weighted by Gasteiger charge is 2.16. The summed E-state index contributed by atoms with van der Waals surface area (Å²) in [5.74, 6) is 0.754. The Kier molecular flexibility index (Phi) is 5.59. The molecule has 21 heavy (non-hydrogen) atoms. The summed E-state index contributed by atoms with van der Waals surface area (Å²) in [6, 6.07) is 4.15. The van der Waals surface area contributed by atoms with Crippen LogP contribution in [0.1, 0.15) is 17.5 Å². The van der Waals surface area contributed by atoms with Gasteiger partial charge >= 0.3 is 0 Å². The maximum absolute atomic E-state index is 11.9. The molecule has 0 radical (unpaired) electrons. The van der Waals surface area contributed by atoms with Gasteiger partial charge < -0.3 is 20.3 Å².